The number of halogens is 2. The van der Waals surface area contributed by atoms with Crippen molar-refractivity contribution in [1.82, 2.24) is 9.55 Å². The van der Waals surface area contributed by atoms with Crippen molar-refractivity contribution >= 4 is 34.5 Å². The van der Waals surface area contributed by atoms with Gasteiger partial charge in [0.2, 0.25) is 0 Å². The fourth-order valence-electron chi connectivity index (χ4n) is 2.16. The summed E-state index contributed by atoms with van der Waals surface area (Å²) in [6.45, 7) is 4.15. The lowest BCUT2D eigenvalue weighted by Gasteiger charge is -2.04. The fourth-order valence-corrected chi connectivity index (χ4v) is 3.60. The number of benzene rings is 1. The molecule has 0 aliphatic carbocycles. The molecule has 0 saturated carbocycles. The van der Waals surface area contributed by atoms with Crippen molar-refractivity contribution in [3.05, 3.63) is 57.1 Å². The molecule has 3 rings (SSSR count). The van der Waals surface area contributed by atoms with Crippen LogP contribution in [0.4, 0.5) is 0 Å². The lowest BCUT2D eigenvalue weighted by atomic mass is 10.2. The van der Waals surface area contributed by atoms with E-state index in [0.29, 0.717) is 10.0 Å². The number of hydrogen-bond donors (Lipinski definition) is 0. The van der Waals surface area contributed by atoms with E-state index in [1.807, 2.05) is 17.5 Å². The van der Waals surface area contributed by atoms with Crippen LogP contribution in [0.15, 0.2) is 35.7 Å². The Bertz CT molecular complexity index is 755. The van der Waals surface area contributed by atoms with Gasteiger partial charge in [0.1, 0.15) is 0 Å². The summed E-state index contributed by atoms with van der Waals surface area (Å²) >= 11 is 13.8. The van der Waals surface area contributed by atoms with Gasteiger partial charge in [-0.2, -0.15) is 0 Å². The first-order valence-corrected chi connectivity index (χ1v) is 7.76. The molecule has 0 N–H and O–H groups in total. The summed E-state index contributed by atoms with van der Waals surface area (Å²) in [5, 5.41) is 4.22. The van der Waals surface area contributed by atoms with Crippen LogP contribution in [-0.2, 0) is 0 Å². The summed E-state index contributed by atoms with van der Waals surface area (Å²) in [5.41, 5.74) is 4.12. The first kappa shape index (κ1) is 13.7. The van der Waals surface area contributed by atoms with Crippen LogP contribution in [0.25, 0.3) is 16.4 Å². The third-order valence-electron chi connectivity index (χ3n) is 3.16. The van der Waals surface area contributed by atoms with E-state index >= 15 is 0 Å². The normalized spacial score (nSPS) is 11.0. The largest absolute Gasteiger partial charge is 0.295 e. The van der Waals surface area contributed by atoms with Gasteiger partial charge in [-0.15, -0.1) is 11.3 Å². The van der Waals surface area contributed by atoms with Crippen LogP contribution in [0.3, 0.4) is 0 Å². The standard InChI is InChI=1S/C15H12Cl2N2S/c1-9-3-4-10(2)19(9)15-18-14(8-20-15)12-6-5-11(16)7-13(12)17/h3-8H,1-2H3. The Morgan fingerprint density at radius 2 is 1.75 bits per heavy atom. The highest BCUT2D eigenvalue weighted by Gasteiger charge is 2.12. The second-order valence-corrected chi connectivity index (χ2v) is 6.27. The molecule has 5 heteroatoms. The van der Waals surface area contributed by atoms with Crippen molar-refractivity contribution in [3.63, 3.8) is 0 Å². The molecule has 0 unspecified atom stereocenters. The van der Waals surface area contributed by atoms with E-state index in [2.05, 4.69) is 35.5 Å². The quantitative estimate of drug-likeness (QED) is 0.607. The van der Waals surface area contributed by atoms with Gasteiger partial charge < -0.3 is 0 Å². The molecule has 3 aromatic rings. The summed E-state index contributed by atoms with van der Waals surface area (Å²) in [7, 11) is 0. The second-order valence-electron chi connectivity index (χ2n) is 4.59. The van der Waals surface area contributed by atoms with E-state index in [0.717, 1.165) is 16.4 Å². The summed E-state index contributed by atoms with van der Waals surface area (Å²) in [5.74, 6) is 0. The van der Waals surface area contributed by atoms with Gasteiger partial charge in [0, 0.05) is 27.4 Å². The SMILES string of the molecule is Cc1ccc(C)n1-c1nc(-c2ccc(Cl)cc2Cl)cs1. The van der Waals surface area contributed by atoms with E-state index in [1.165, 1.54) is 11.4 Å². The maximum absolute atomic E-state index is 6.23. The summed E-state index contributed by atoms with van der Waals surface area (Å²) in [6.07, 6.45) is 0. The number of aromatic nitrogens is 2. The molecule has 102 valence electrons. The van der Waals surface area contributed by atoms with Gasteiger partial charge in [-0.1, -0.05) is 23.2 Å². The van der Waals surface area contributed by atoms with Gasteiger partial charge >= 0.3 is 0 Å². The molecule has 20 heavy (non-hydrogen) atoms. The number of thiazole rings is 1. The van der Waals surface area contributed by atoms with Gasteiger partial charge in [0.15, 0.2) is 5.13 Å². The predicted octanol–water partition coefficient (Wildman–Crippen LogP) is 5.52. The first-order valence-electron chi connectivity index (χ1n) is 6.12. The maximum Gasteiger partial charge on any atom is 0.194 e. The molecule has 1 aromatic carbocycles. The molecule has 2 nitrogen and oxygen atoms in total. The van der Waals surface area contributed by atoms with E-state index < -0.39 is 0 Å². The van der Waals surface area contributed by atoms with Crippen LogP contribution in [0.5, 0.6) is 0 Å². The zero-order valence-electron chi connectivity index (χ0n) is 11.0. The van der Waals surface area contributed by atoms with Crippen molar-refractivity contribution in [2.75, 3.05) is 0 Å². The minimum Gasteiger partial charge on any atom is -0.295 e. The molecule has 0 bridgehead atoms. The molecule has 0 atom stereocenters. The number of hydrogen-bond acceptors (Lipinski definition) is 2. The molecular weight excluding hydrogens is 311 g/mol. The topological polar surface area (TPSA) is 17.8 Å². The van der Waals surface area contributed by atoms with Crippen LogP contribution < -0.4 is 0 Å². The van der Waals surface area contributed by atoms with Gasteiger partial charge in [0.25, 0.3) is 0 Å². The molecule has 0 fully saturated rings. The molecular formula is C15H12Cl2N2S. The van der Waals surface area contributed by atoms with Crippen molar-refractivity contribution in [1.29, 1.82) is 0 Å². The number of rotatable bonds is 2. The van der Waals surface area contributed by atoms with Crippen LogP contribution in [0.2, 0.25) is 10.0 Å². The Morgan fingerprint density at radius 3 is 2.40 bits per heavy atom. The van der Waals surface area contributed by atoms with Gasteiger partial charge in [0.05, 0.1) is 10.7 Å². The molecule has 0 amide bonds. The average molecular weight is 323 g/mol. The predicted molar refractivity (Wildman–Crippen MR) is 86.4 cm³/mol. The fraction of sp³-hybridized carbons (Fsp3) is 0.133. The third kappa shape index (κ3) is 2.37. The molecule has 2 heterocycles. The van der Waals surface area contributed by atoms with E-state index in [-0.39, 0.29) is 0 Å². The first-order chi connectivity index (χ1) is 9.56. The molecule has 2 aromatic heterocycles. The number of aryl methyl sites for hydroxylation is 2. The minimum atomic E-state index is 0.621. The minimum absolute atomic E-state index is 0.621. The molecule has 0 spiro atoms. The lowest BCUT2D eigenvalue weighted by Crippen LogP contribution is -1.97. The Kier molecular flexibility index (Phi) is 3.59. The van der Waals surface area contributed by atoms with Gasteiger partial charge in [-0.05, 0) is 44.2 Å². The Hall–Kier alpha value is -1.29. The average Bonchev–Trinajstić information content (AvgIpc) is 2.97. The van der Waals surface area contributed by atoms with E-state index in [4.69, 9.17) is 23.2 Å². The van der Waals surface area contributed by atoms with Crippen LogP contribution in [0.1, 0.15) is 11.4 Å². The van der Waals surface area contributed by atoms with Gasteiger partial charge in [-0.25, -0.2) is 4.98 Å². The van der Waals surface area contributed by atoms with Crippen LogP contribution >= 0.6 is 34.5 Å². The third-order valence-corrected chi connectivity index (χ3v) is 4.54. The second kappa shape index (κ2) is 5.24. The number of nitrogens with zero attached hydrogens (tertiary/aromatic N) is 2. The highest BCUT2D eigenvalue weighted by atomic mass is 35.5. The summed E-state index contributed by atoms with van der Waals surface area (Å²) in [6, 6.07) is 9.65. The highest BCUT2D eigenvalue weighted by molar-refractivity contribution is 7.12. The molecule has 0 radical (unpaired) electrons. The Morgan fingerprint density at radius 1 is 1.05 bits per heavy atom. The molecule has 0 saturated heterocycles. The van der Waals surface area contributed by atoms with E-state index in [1.54, 1.807) is 17.4 Å². The zero-order valence-corrected chi connectivity index (χ0v) is 13.4. The van der Waals surface area contributed by atoms with Crippen molar-refractivity contribution < 1.29 is 0 Å². The highest BCUT2D eigenvalue weighted by Crippen LogP contribution is 2.32. The lowest BCUT2D eigenvalue weighted by molar-refractivity contribution is 0.951. The zero-order chi connectivity index (χ0) is 14.3. The molecule has 0 aliphatic heterocycles. The molecule has 0 aliphatic rings. The smallest absolute Gasteiger partial charge is 0.194 e. The van der Waals surface area contributed by atoms with Crippen LogP contribution in [-0.4, -0.2) is 9.55 Å². The summed E-state index contributed by atoms with van der Waals surface area (Å²) < 4.78 is 2.14. The van der Waals surface area contributed by atoms with E-state index in [9.17, 15) is 0 Å². The Balaban J connectivity index is 2.07. The van der Waals surface area contributed by atoms with Crippen molar-refractivity contribution in [2.45, 2.75) is 13.8 Å². The summed E-state index contributed by atoms with van der Waals surface area (Å²) in [4.78, 5) is 4.69. The van der Waals surface area contributed by atoms with Gasteiger partial charge in [-0.3, -0.25) is 4.57 Å². The van der Waals surface area contributed by atoms with Crippen molar-refractivity contribution in [2.24, 2.45) is 0 Å². The Labute approximate surface area is 131 Å². The monoisotopic (exact) mass is 322 g/mol. The van der Waals surface area contributed by atoms with Crippen molar-refractivity contribution in [3.8, 4) is 16.4 Å². The van der Waals surface area contributed by atoms with Crippen LogP contribution in [0, 0.1) is 13.8 Å². The maximum atomic E-state index is 6.23.